The molecule has 30 heavy (non-hydrogen) atoms. The van der Waals surface area contributed by atoms with E-state index in [1.807, 2.05) is 61.5 Å². The Hall–Kier alpha value is -2.99. The van der Waals surface area contributed by atoms with Crippen molar-refractivity contribution in [3.8, 4) is 17.0 Å². The Morgan fingerprint density at radius 2 is 2.10 bits per heavy atom. The highest BCUT2D eigenvalue weighted by atomic mass is 35.5. The van der Waals surface area contributed by atoms with Crippen LogP contribution in [0.15, 0.2) is 54.6 Å². The topological polar surface area (TPSA) is 70.2 Å². The molecule has 3 aromatic rings. The molecule has 1 fully saturated rings. The quantitative estimate of drug-likeness (QED) is 0.622. The highest BCUT2D eigenvalue weighted by molar-refractivity contribution is 6.30. The standard InChI is InChI=1S/C23H25ClN4O2/c1-16-4-2-6-20(12-16)30-15-23(29)25-19-5-3-11-28(14-19)22-13-21(26-27-22)17-7-9-18(24)10-8-17/h2,4,6-10,12-13,19H,3,5,11,14-15H2,1H3,(H,25,29)(H,26,27). The molecule has 0 radical (unpaired) electrons. The molecule has 0 saturated carbocycles. The lowest BCUT2D eigenvalue weighted by Crippen LogP contribution is -2.49. The molecular weight excluding hydrogens is 400 g/mol. The number of nitrogens with zero attached hydrogens (tertiary/aromatic N) is 2. The van der Waals surface area contributed by atoms with Crippen LogP contribution in [-0.2, 0) is 4.79 Å². The van der Waals surface area contributed by atoms with E-state index in [2.05, 4.69) is 20.4 Å². The molecule has 0 aliphatic carbocycles. The Morgan fingerprint density at radius 1 is 1.27 bits per heavy atom. The number of hydrogen-bond acceptors (Lipinski definition) is 4. The molecule has 1 atom stereocenters. The summed E-state index contributed by atoms with van der Waals surface area (Å²) in [4.78, 5) is 14.5. The van der Waals surface area contributed by atoms with Crippen LogP contribution >= 0.6 is 11.6 Å². The molecule has 4 rings (SSSR count). The number of nitrogens with one attached hydrogen (secondary N) is 2. The predicted octanol–water partition coefficient (Wildman–Crippen LogP) is 4.20. The third-order valence-electron chi connectivity index (χ3n) is 5.19. The van der Waals surface area contributed by atoms with Gasteiger partial charge in [0.05, 0.1) is 5.69 Å². The minimum absolute atomic E-state index is 0.0169. The van der Waals surface area contributed by atoms with Crippen LogP contribution in [0.25, 0.3) is 11.3 Å². The van der Waals surface area contributed by atoms with Gasteiger partial charge in [-0.3, -0.25) is 9.89 Å². The molecule has 0 bridgehead atoms. The van der Waals surface area contributed by atoms with Crippen molar-refractivity contribution in [2.45, 2.75) is 25.8 Å². The first-order valence-electron chi connectivity index (χ1n) is 10.1. The van der Waals surface area contributed by atoms with E-state index in [1.165, 1.54) is 0 Å². The first-order chi connectivity index (χ1) is 14.6. The monoisotopic (exact) mass is 424 g/mol. The van der Waals surface area contributed by atoms with Crippen LogP contribution in [-0.4, -0.2) is 41.8 Å². The number of rotatable bonds is 6. The van der Waals surface area contributed by atoms with Gasteiger partial charge in [-0.2, -0.15) is 5.10 Å². The van der Waals surface area contributed by atoms with Gasteiger partial charge in [0, 0.05) is 30.2 Å². The number of anilines is 1. The Balaban J connectivity index is 1.32. The fourth-order valence-electron chi connectivity index (χ4n) is 3.68. The molecule has 156 valence electrons. The summed E-state index contributed by atoms with van der Waals surface area (Å²) in [6.45, 7) is 3.65. The van der Waals surface area contributed by atoms with Crippen molar-refractivity contribution in [1.82, 2.24) is 15.5 Å². The minimum atomic E-state index is -0.104. The number of hydrogen-bond donors (Lipinski definition) is 2. The number of benzene rings is 2. The maximum absolute atomic E-state index is 12.3. The average Bonchev–Trinajstić information content (AvgIpc) is 3.23. The number of aryl methyl sites for hydroxylation is 1. The number of H-pyrrole nitrogens is 1. The second-order valence-electron chi connectivity index (χ2n) is 7.60. The second kappa shape index (κ2) is 9.22. The highest BCUT2D eigenvalue weighted by Gasteiger charge is 2.23. The van der Waals surface area contributed by atoms with Gasteiger partial charge in [0.15, 0.2) is 12.4 Å². The zero-order valence-corrected chi connectivity index (χ0v) is 17.7. The van der Waals surface area contributed by atoms with Gasteiger partial charge < -0.3 is 15.0 Å². The molecule has 1 aliphatic rings. The lowest BCUT2D eigenvalue weighted by molar-refractivity contribution is -0.123. The van der Waals surface area contributed by atoms with E-state index in [4.69, 9.17) is 16.3 Å². The van der Waals surface area contributed by atoms with Crippen LogP contribution in [0, 0.1) is 6.92 Å². The van der Waals surface area contributed by atoms with Crippen molar-refractivity contribution in [3.63, 3.8) is 0 Å². The lowest BCUT2D eigenvalue weighted by Gasteiger charge is -2.33. The molecule has 6 nitrogen and oxygen atoms in total. The number of carbonyl (C=O) groups excluding carboxylic acids is 1. The number of aromatic amines is 1. The van der Waals surface area contributed by atoms with E-state index in [-0.39, 0.29) is 18.6 Å². The normalized spacial score (nSPS) is 16.3. The van der Waals surface area contributed by atoms with Crippen LogP contribution < -0.4 is 15.0 Å². The van der Waals surface area contributed by atoms with Gasteiger partial charge in [-0.25, -0.2) is 0 Å². The number of aromatic nitrogens is 2. The van der Waals surface area contributed by atoms with Crippen LogP contribution in [0.2, 0.25) is 5.02 Å². The van der Waals surface area contributed by atoms with E-state index in [9.17, 15) is 4.79 Å². The molecule has 2 N–H and O–H groups in total. The fourth-order valence-corrected chi connectivity index (χ4v) is 3.80. The summed E-state index contributed by atoms with van der Waals surface area (Å²) in [6, 6.07) is 17.5. The Kier molecular flexibility index (Phi) is 6.23. The SMILES string of the molecule is Cc1cccc(OCC(=O)NC2CCCN(c3cc(-c4ccc(Cl)cc4)[nH]n3)C2)c1. The van der Waals surface area contributed by atoms with Crippen molar-refractivity contribution in [3.05, 3.63) is 65.2 Å². The van der Waals surface area contributed by atoms with E-state index in [1.54, 1.807) is 0 Å². The first kappa shape index (κ1) is 20.3. The Labute approximate surface area is 181 Å². The minimum Gasteiger partial charge on any atom is -0.484 e. The first-order valence-corrected chi connectivity index (χ1v) is 10.5. The number of ether oxygens (including phenoxy) is 1. The van der Waals surface area contributed by atoms with Gasteiger partial charge in [-0.05, 0) is 55.2 Å². The summed E-state index contributed by atoms with van der Waals surface area (Å²) in [6.07, 6.45) is 1.94. The Bertz CT molecular complexity index is 1000. The predicted molar refractivity (Wildman–Crippen MR) is 119 cm³/mol. The van der Waals surface area contributed by atoms with Crippen molar-refractivity contribution in [1.29, 1.82) is 0 Å². The van der Waals surface area contributed by atoms with Gasteiger partial charge in [0.2, 0.25) is 0 Å². The van der Waals surface area contributed by atoms with Gasteiger partial charge in [0.1, 0.15) is 5.75 Å². The largest absolute Gasteiger partial charge is 0.484 e. The Morgan fingerprint density at radius 3 is 2.90 bits per heavy atom. The van der Waals surface area contributed by atoms with E-state index >= 15 is 0 Å². The van der Waals surface area contributed by atoms with Crippen molar-refractivity contribution >= 4 is 23.3 Å². The molecule has 2 heterocycles. The van der Waals surface area contributed by atoms with E-state index in [0.29, 0.717) is 10.8 Å². The van der Waals surface area contributed by atoms with Crippen molar-refractivity contribution in [2.24, 2.45) is 0 Å². The van der Waals surface area contributed by atoms with Gasteiger partial charge in [-0.15, -0.1) is 0 Å². The van der Waals surface area contributed by atoms with Crippen molar-refractivity contribution in [2.75, 3.05) is 24.6 Å². The summed E-state index contributed by atoms with van der Waals surface area (Å²) in [5.74, 6) is 1.49. The van der Waals surface area contributed by atoms with Crippen molar-refractivity contribution < 1.29 is 9.53 Å². The van der Waals surface area contributed by atoms with E-state index in [0.717, 1.165) is 48.6 Å². The van der Waals surface area contributed by atoms with E-state index < -0.39 is 0 Å². The summed E-state index contributed by atoms with van der Waals surface area (Å²) in [7, 11) is 0. The summed E-state index contributed by atoms with van der Waals surface area (Å²) in [5, 5.41) is 11.4. The highest BCUT2D eigenvalue weighted by Crippen LogP contribution is 2.25. The van der Waals surface area contributed by atoms with Crippen LogP contribution in [0.3, 0.4) is 0 Å². The second-order valence-corrected chi connectivity index (χ2v) is 8.04. The number of amides is 1. The average molecular weight is 425 g/mol. The molecule has 1 aliphatic heterocycles. The fraction of sp³-hybridized carbons (Fsp3) is 0.304. The summed E-state index contributed by atoms with van der Waals surface area (Å²) < 4.78 is 5.61. The molecule has 1 amide bonds. The third-order valence-corrected chi connectivity index (χ3v) is 5.44. The summed E-state index contributed by atoms with van der Waals surface area (Å²) in [5.41, 5.74) is 3.08. The maximum atomic E-state index is 12.3. The zero-order chi connectivity index (χ0) is 20.9. The molecule has 1 unspecified atom stereocenters. The van der Waals surface area contributed by atoms with Gasteiger partial charge in [-0.1, -0.05) is 35.9 Å². The molecule has 0 spiro atoms. The van der Waals surface area contributed by atoms with Crippen LogP contribution in [0.1, 0.15) is 18.4 Å². The smallest absolute Gasteiger partial charge is 0.258 e. The molecule has 7 heteroatoms. The lowest BCUT2D eigenvalue weighted by atomic mass is 10.1. The van der Waals surface area contributed by atoms with Gasteiger partial charge >= 0.3 is 0 Å². The molecule has 2 aromatic carbocycles. The summed E-state index contributed by atoms with van der Waals surface area (Å²) >= 11 is 5.97. The molecule has 1 aromatic heterocycles. The number of carbonyl (C=O) groups is 1. The third kappa shape index (κ3) is 5.13. The maximum Gasteiger partial charge on any atom is 0.258 e. The number of piperidine rings is 1. The van der Waals surface area contributed by atoms with Crippen LogP contribution in [0.4, 0.5) is 5.82 Å². The zero-order valence-electron chi connectivity index (χ0n) is 16.9. The number of halogens is 1. The van der Waals surface area contributed by atoms with Gasteiger partial charge in [0.25, 0.3) is 5.91 Å². The molecular formula is C23H25ClN4O2. The molecule has 1 saturated heterocycles. The van der Waals surface area contributed by atoms with Crippen LogP contribution in [0.5, 0.6) is 5.75 Å².